The van der Waals surface area contributed by atoms with E-state index in [1.54, 1.807) is 110 Å². The number of carbonyl (C=O) groups excluding carboxylic acids is 1. The van der Waals surface area contributed by atoms with Crippen molar-refractivity contribution in [2.75, 3.05) is 9.80 Å². The van der Waals surface area contributed by atoms with Crippen LogP contribution in [-0.2, 0) is 158 Å². The largest absolute Gasteiger partial charge is 0.497 e. The van der Waals surface area contributed by atoms with Gasteiger partial charge in [0.25, 0.3) is 0 Å². The van der Waals surface area contributed by atoms with Crippen molar-refractivity contribution in [3.05, 3.63) is 243 Å². The van der Waals surface area contributed by atoms with E-state index in [9.17, 15) is 25.8 Å². The number of fused-ring (bicyclic) bond motifs is 8. The molecule has 15 rings (SSSR count). The number of halogens is 1. The van der Waals surface area contributed by atoms with Crippen molar-refractivity contribution in [3.8, 4) is 11.1 Å². The summed E-state index contributed by atoms with van der Waals surface area (Å²) in [5.74, 6) is -0.264. The highest BCUT2D eigenvalue weighted by molar-refractivity contribution is 9.10. The monoisotopic (exact) mass is 1680 g/mol. The van der Waals surface area contributed by atoms with Crippen molar-refractivity contribution in [1.82, 2.24) is 0 Å². The van der Waals surface area contributed by atoms with E-state index >= 15 is 0 Å². The number of hydrogen-bond donors (Lipinski definition) is 0. The predicted molar refractivity (Wildman–Crippen MR) is 442 cm³/mol. The Hall–Kier alpha value is -4.21. The quantitative estimate of drug-likeness (QED) is 0.122. The summed E-state index contributed by atoms with van der Waals surface area (Å²) in [5.41, 5.74) is 12.1. The van der Waals surface area contributed by atoms with Gasteiger partial charge >= 0.3 is 7.12 Å². The summed E-state index contributed by atoms with van der Waals surface area (Å²) in [4.78, 5) is 19.2. The molecule has 10 aromatic rings. The molecule has 2 unspecified atom stereocenters. The van der Waals surface area contributed by atoms with Crippen LogP contribution >= 0.6 is 48.5 Å². The summed E-state index contributed by atoms with van der Waals surface area (Å²) in [5, 5.41) is 6.36. The number of benzene rings is 8. The van der Waals surface area contributed by atoms with E-state index in [0.717, 1.165) is 38.0 Å². The van der Waals surface area contributed by atoms with E-state index in [2.05, 4.69) is 234 Å². The molecule has 0 radical (unpaired) electrons. The van der Waals surface area contributed by atoms with E-state index in [-0.39, 0.29) is 75.5 Å². The number of ketones is 1. The van der Waals surface area contributed by atoms with Crippen LogP contribution in [0.5, 0.6) is 0 Å². The molecule has 29 heteroatoms. The molecule has 5 aliphatic rings. The predicted octanol–water partition coefficient (Wildman–Crippen LogP) is 16.9. The van der Waals surface area contributed by atoms with E-state index < -0.39 is 30.5 Å². The lowest BCUT2D eigenvalue weighted by atomic mass is 9.73. The second kappa shape index (κ2) is 31.4. The molecule has 98 heavy (non-hydrogen) atoms. The molecule has 2 aromatic heterocycles. The van der Waals surface area contributed by atoms with Crippen LogP contribution in [-0.4, -0.2) is 45.1 Å². The van der Waals surface area contributed by atoms with Crippen LogP contribution in [0.2, 0.25) is 0 Å². The Morgan fingerprint density at radius 3 is 1.40 bits per heavy atom. The van der Waals surface area contributed by atoms with Crippen molar-refractivity contribution < 1.29 is 35.1 Å². The first-order chi connectivity index (χ1) is 46.3. The fourth-order valence-electron chi connectivity index (χ4n) is 12.3. The average Bonchev–Trinajstić information content (AvgIpc) is 1.09. The SMILES string of the molecule is CC1(C)c2ccccc2N(c2sccc2-c2ccc3c(c2)C(=O)c2ccccc2S3(=O)=O)c2ccccc21.CC1(C)c2ccccc2N(c2sccc2B2OC(C)(C)C(C)(C)O2)c2ccccc21.O=S1c2ccccc2S(=O)(=O)c2ccc(Br)cc21.P.S=S=S=S.S=S=S=S=S=S=S. The molecular weight excluding hydrogens is 1620 g/mol. The van der Waals surface area contributed by atoms with Gasteiger partial charge in [0.1, 0.15) is 5.00 Å². The second-order valence-corrected chi connectivity index (χ2v) is 44.5. The summed E-state index contributed by atoms with van der Waals surface area (Å²) in [6.45, 7) is 17.5. The van der Waals surface area contributed by atoms with E-state index in [1.807, 2.05) is 17.5 Å². The molecule has 1 fully saturated rings. The third-order valence-corrected chi connectivity index (χ3v) is 36.5. The van der Waals surface area contributed by atoms with E-state index in [1.165, 1.54) is 87.3 Å². The van der Waals surface area contributed by atoms with Gasteiger partial charge in [0.2, 0.25) is 19.7 Å². The number of thiophene rings is 2. The molecule has 0 N–H and O–H groups in total. The second-order valence-electron chi connectivity index (χ2n) is 24.2. The van der Waals surface area contributed by atoms with Gasteiger partial charge in [0, 0.05) is 144 Å². The van der Waals surface area contributed by atoms with Gasteiger partial charge in [0.05, 0.1) is 79.1 Å². The molecule has 5 aliphatic heterocycles. The first-order valence-electron chi connectivity index (χ1n) is 29.5. The minimum atomic E-state index is -3.77. The maximum atomic E-state index is 13.4. The van der Waals surface area contributed by atoms with Crippen molar-refractivity contribution in [3.63, 3.8) is 0 Å². The van der Waals surface area contributed by atoms with Gasteiger partial charge in [-0.05, 0) is 157 Å². The zero-order valence-electron chi connectivity index (χ0n) is 53.5. The Balaban J connectivity index is 0.000000154. The molecule has 0 spiro atoms. The maximum Gasteiger partial charge on any atom is 0.497 e. The maximum absolute atomic E-state index is 13.4. The van der Waals surface area contributed by atoms with Crippen LogP contribution in [0.3, 0.4) is 0 Å². The highest BCUT2D eigenvalue weighted by atomic mass is 79.9. The van der Waals surface area contributed by atoms with Crippen molar-refractivity contribution in [2.45, 2.75) is 107 Å². The number of anilines is 6. The molecule has 0 saturated carbocycles. The van der Waals surface area contributed by atoms with Crippen LogP contribution in [0.25, 0.3) is 11.1 Å². The summed E-state index contributed by atoms with van der Waals surface area (Å²) >= 11 is 24.4. The first kappa shape index (κ1) is 76.4. The van der Waals surface area contributed by atoms with Gasteiger partial charge in [-0.2, -0.15) is 9.90 Å². The molecule has 0 amide bonds. The number of para-hydroxylation sites is 4. The fraction of sp³-hybridized carbons (Fsp3) is 0.174. The standard InChI is InChI=1S/C32H23NO3S2.C25H28BNO2S.C12H7BrO3S2.H3P.S7.S4/c1-32(2)24-10-4-6-12-26(24)33(27-13-7-5-11-25(27)32)31-21(17-18-37-31)20-15-16-29-23(19-20)30(34)22-9-3-8-14-28(22)38(29,35)36;1-23(2)17-11-7-9-13-20(17)27(21-14-10-8-12-18(21)23)22-19(15-16-30-22)26-28-24(3,4)25(5,6)29-26;13-8-5-6-12-10(7-8)17(14)9-3-1-2-4-11(9)18(12,15)16;;1-3-5-7-6-4-2;1-3-4-2/h3-19H,1-2H3;7-16H,1-6H3;1-7H;1H3;;. The molecule has 0 aliphatic carbocycles. The smallest absolute Gasteiger partial charge is 0.399 e. The number of sulfone groups is 2. The zero-order valence-corrected chi connectivity index (χ0v) is 69.5. The molecule has 0 bridgehead atoms. The number of rotatable bonds is 4. The summed E-state index contributed by atoms with van der Waals surface area (Å²) < 4.78 is 77.4. The Kier molecular flexibility index (Phi) is 24.5. The van der Waals surface area contributed by atoms with E-state index in [4.69, 9.17) is 9.31 Å². The molecule has 7 heterocycles. The van der Waals surface area contributed by atoms with Gasteiger partial charge in [-0.3, -0.25) is 4.79 Å². The number of nitrogens with zero attached hydrogens (tertiary/aromatic N) is 2. The summed E-state index contributed by atoms with van der Waals surface area (Å²) in [6.07, 6.45) is 0. The van der Waals surface area contributed by atoms with Crippen LogP contribution in [0, 0.1) is 0 Å². The first-order valence-corrected chi connectivity index (χ1v) is 48.2. The minimum absolute atomic E-state index is 0. The van der Waals surface area contributed by atoms with Crippen LogP contribution < -0.4 is 15.3 Å². The Labute approximate surface area is 635 Å². The van der Waals surface area contributed by atoms with Gasteiger partial charge in [0.15, 0.2) is 5.78 Å². The number of carbonyl (C=O) groups is 1. The molecule has 10 nitrogen and oxygen atoms in total. The lowest BCUT2D eigenvalue weighted by molar-refractivity contribution is 0.00578. The minimum Gasteiger partial charge on any atom is -0.399 e. The van der Waals surface area contributed by atoms with Gasteiger partial charge in [-0.25, -0.2) is 21.0 Å². The molecule has 2 atom stereocenters. The molecular formula is C69H61BBrN2O8PS16. The van der Waals surface area contributed by atoms with E-state index in [0.29, 0.717) is 14.3 Å². The third kappa shape index (κ3) is 14.6. The topological polar surface area (TPSA) is 127 Å². The zero-order chi connectivity index (χ0) is 69.4. The summed E-state index contributed by atoms with van der Waals surface area (Å²) in [6, 6.07) is 61.3. The molecule has 1 saturated heterocycles. The Bertz CT molecular complexity index is 5260. The normalized spacial score (nSPS) is 17.0. The van der Waals surface area contributed by atoms with Crippen LogP contribution in [0.15, 0.2) is 239 Å². The van der Waals surface area contributed by atoms with Crippen molar-refractivity contribution >= 4 is 237 Å². The fourth-order valence-corrected chi connectivity index (χ4v) is 28.3. The van der Waals surface area contributed by atoms with Crippen LogP contribution in [0.4, 0.5) is 32.8 Å². The number of hydrogen-bond acceptors (Lipinski definition) is 16. The third-order valence-electron chi connectivity index (χ3n) is 17.6. The highest BCUT2D eigenvalue weighted by Crippen LogP contribution is 2.56. The average molecular weight is 1680 g/mol. The highest BCUT2D eigenvalue weighted by Gasteiger charge is 2.53. The van der Waals surface area contributed by atoms with Gasteiger partial charge in [-0.15, -0.1) is 22.7 Å². The van der Waals surface area contributed by atoms with Gasteiger partial charge in [-0.1, -0.05) is 147 Å². The van der Waals surface area contributed by atoms with Crippen molar-refractivity contribution in [2.24, 2.45) is 0 Å². The lowest BCUT2D eigenvalue weighted by Gasteiger charge is -2.41. The lowest BCUT2D eigenvalue weighted by Crippen LogP contribution is -2.41. The summed E-state index contributed by atoms with van der Waals surface area (Å²) in [7, 11) is 0.531. The van der Waals surface area contributed by atoms with Gasteiger partial charge < -0.3 is 19.1 Å². The van der Waals surface area contributed by atoms with Crippen LogP contribution in [0.1, 0.15) is 93.6 Å². The Morgan fingerprint density at radius 2 is 0.878 bits per heavy atom. The molecule has 506 valence electrons. The molecule has 8 aromatic carbocycles. The Morgan fingerprint density at radius 1 is 0.459 bits per heavy atom. The van der Waals surface area contributed by atoms with Crippen molar-refractivity contribution in [1.29, 1.82) is 0 Å².